The van der Waals surface area contributed by atoms with Gasteiger partial charge in [-0.1, -0.05) is 43.5 Å². The van der Waals surface area contributed by atoms with Crippen molar-refractivity contribution in [3.05, 3.63) is 64.7 Å². The number of hydrogen-bond donors (Lipinski definition) is 4. The molecule has 0 bridgehead atoms. The number of methoxy groups -OCH3 is 1. The molecular weight excluding hydrogens is 707 g/mol. The van der Waals surface area contributed by atoms with Gasteiger partial charge in [0.05, 0.1) is 12.6 Å². The summed E-state index contributed by atoms with van der Waals surface area (Å²) in [6.45, 7) is 0.483. The maximum atomic E-state index is 13.1. The van der Waals surface area contributed by atoms with Crippen LogP contribution in [-0.4, -0.2) is 70.5 Å². The molecule has 2 aliphatic carbocycles. The molecule has 2 fully saturated rings. The van der Waals surface area contributed by atoms with Crippen molar-refractivity contribution in [2.45, 2.75) is 82.1 Å². The average Bonchev–Trinajstić information content (AvgIpc) is 3.89. The number of halogens is 4. The minimum atomic E-state index is -4.63. The van der Waals surface area contributed by atoms with Gasteiger partial charge in [0.1, 0.15) is 6.04 Å². The van der Waals surface area contributed by atoms with Gasteiger partial charge >= 0.3 is 18.2 Å². The number of aromatic nitrogens is 3. The number of benzene rings is 2. The maximum Gasteiger partial charge on any atom is 0.422 e. The van der Waals surface area contributed by atoms with Gasteiger partial charge in [-0.2, -0.15) is 28.1 Å². The molecule has 2 unspecified atom stereocenters. The van der Waals surface area contributed by atoms with Gasteiger partial charge in [0.2, 0.25) is 17.7 Å². The van der Waals surface area contributed by atoms with Crippen LogP contribution in [-0.2, 0) is 24.7 Å². The zero-order valence-corrected chi connectivity index (χ0v) is 29.3. The highest BCUT2D eigenvalue weighted by Gasteiger charge is 2.45. The van der Waals surface area contributed by atoms with Crippen LogP contribution in [0.1, 0.15) is 74.2 Å². The number of esters is 1. The van der Waals surface area contributed by atoms with E-state index in [-0.39, 0.29) is 36.3 Å². The highest BCUT2D eigenvalue weighted by atomic mass is 35.5. The second kappa shape index (κ2) is 16.6. The van der Waals surface area contributed by atoms with Crippen molar-refractivity contribution in [3.63, 3.8) is 0 Å². The van der Waals surface area contributed by atoms with Crippen LogP contribution in [0.25, 0.3) is 0 Å². The molecule has 2 aromatic carbocycles. The van der Waals surface area contributed by atoms with Crippen LogP contribution in [0.4, 0.5) is 30.8 Å². The van der Waals surface area contributed by atoms with Gasteiger partial charge in [-0.3, -0.25) is 14.4 Å². The van der Waals surface area contributed by atoms with Crippen LogP contribution < -0.4 is 26.0 Å². The van der Waals surface area contributed by atoms with Gasteiger partial charge < -0.3 is 30.7 Å². The topological polar surface area (TPSA) is 174 Å². The van der Waals surface area contributed by atoms with E-state index in [0.717, 1.165) is 38.4 Å². The van der Waals surface area contributed by atoms with Gasteiger partial charge in [-0.15, -0.1) is 0 Å². The van der Waals surface area contributed by atoms with E-state index in [1.165, 1.54) is 24.3 Å². The van der Waals surface area contributed by atoms with Crippen LogP contribution in [0, 0.1) is 5.92 Å². The monoisotopic (exact) mass is 745 g/mol. The molecule has 0 aliphatic heterocycles. The molecule has 1 heterocycles. The second-order valence-electron chi connectivity index (χ2n) is 13.0. The largest absolute Gasteiger partial charge is 0.467 e. The van der Waals surface area contributed by atoms with Gasteiger partial charge in [-0.05, 0) is 80.0 Å². The van der Waals surface area contributed by atoms with E-state index in [9.17, 15) is 32.3 Å². The minimum Gasteiger partial charge on any atom is -0.467 e. The molecule has 0 saturated heterocycles. The van der Waals surface area contributed by atoms with E-state index >= 15 is 0 Å². The van der Waals surface area contributed by atoms with Gasteiger partial charge in [0, 0.05) is 28.7 Å². The smallest absolute Gasteiger partial charge is 0.422 e. The molecule has 4 N–H and O–H groups in total. The number of ketones is 1. The summed E-state index contributed by atoms with van der Waals surface area (Å²) in [6.07, 6.45) is 0.0128. The summed E-state index contributed by atoms with van der Waals surface area (Å²) >= 11 is 6.03. The Labute approximate surface area is 302 Å². The summed E-state index contributed by atoms with van der Waals surface area (Å²) in [7, 11) is 1.14. The fourth-order valence-electron chi connectivity index (χ4n) is 5.96. The average molecular weight is 746 g/mol. The van der Waals surface area contributed by atoms with Crippen molar-refractivity contribution in [1.29, 1.82) is 0 Å². The predicted octanol–water partition coefficient (Wildman–Crippen LogP) is 5.63. The minimum absolute atomic E-state index is 0.0217. The summed E-state index contributed by atoms with van der Waals surface area (Å²) in [6, 6.07) is 11.2. The van der Waals surface area contributed by atoms with Gasteiger partial charge in [0.15, 0.2) is 6.61 Å². The Morgan fingerprint density at radius 3 is 2.31 bits per heavy atom. The number of carbonyl (C=O) groups is 4. The number of anilines is 3. The SMILES string of the molecule is COC(=O)[C@H](CCC(=O)C(=O)NC1CCCC(C)C1)NC(=O)c1ccc(Nc2nc(NC3(c4ccc(Cl)cc4)CC3)nc(OCC(F)(F)F)n2)cc1. The summed E-state index contributed by atoms with van der Waals surface area (Å²) in [5.74, 6) is -2.54. The van der Waals surface area contributed by atoms with Crippen molar-refractivity contribution in [2.75, 3.05) is 24.4 Å². The van der Waals surface area contributed by atoms with Crippen molar-refractivity contribution in [3.8, 4) is 6.01 Å². The molecule has 1 aromatic heterocycles. The van der Waals surface area contributed by atoms with E-state index < -0.39 is 53.9 Å². The van der Waals surface area contributed by atoms with Crippen LogP contribution in [0.3, 0.4) is 0 Å². The molecule has 2 saturated carbocycles. The van der Waals surface area contributed by atoms with Crippen molar-refractivity contribution in [1.82, 2.24) is 25.6 Å². The highest BCUT2D eigenvalue weighted by molar-refractivity contribution is 6.36. The molecule has 13 nitrogen and oxygen atoms in total. The van der Waals surface area contributed by atoms with Crippen molar-refractivity contribution >= 4 is 52.8 Å². The Hall–Kier alpha value is -4.99. The first-order valence-corrected chi connectivity index (χ1v) is 17.2. The Kier molecular flexibility index (Phi) is 12.2. The van der Waals surface area contributed by atoms with Crippen LogP contribution in [0.2, 0.25) is 5.02 Å². The number of rotatable bonds is 15. The molecular formula is C35H39ClF3N7O6. The lowest BCUT2D eigenvalue weighted by Gasteiger charge is -2.27. The van der Waals surface area contributed by atoms with E-state index in [0.29, 0.717) is 29.5 Å². The van der Waals surface area contributed by atoms with Gasteiger partial charge in [-0.25, -0.2) is 4.79 Å². The Balaban J connectivity index is 1.22. The first-order chi connectivity index (χ1) is 24.7. The number of nitrogens with zero attached hydrogens (tertiary/aromatic N) is 3. The van der Waals surface area contributed by atoms with Crippen LogP contribution >= 0.6 is 11.6 Å². The molecule has 0 spiro atoms. The molecule has 2 amide bonds. The number of Topliss-reactive ketones (excluding diaryl/α,β-unsaturated/α-hetero) is 1. The Morgan fingerprint density at radius 2 is 1.67 bits per heavy atom. The number of nitrogens with one attached hydrogen (secondary N) is 4. The molecule has 0 radical (unpaired) electrons. The van der Waals surface area contributed by atoms with Crippen molar-refractivity contribution < 1.29 is 41.8 Å². The first kappa shape index (κ1) is 38.2. The fraction of sp³-hybridized carbons (Fsp3) is 0.457. The molecule has 52 heavy (non-hydrogen) atoms. The van der Waals surface area contributed by atoms with E-state index in [2.05, 4.69) is 43.1 Å². The Bertz CT molecular complexity index is 1760. The van der Waals surface area contributed by atoms with E-state index in [1.807, 2.05) is 12.1 Å². The standard InChI is InChI=1S/C35H39ClF3N7O6/c1-20-4-3-5-25(18-20)40-29(49)27(47)15-14-26(30(50)51-2)42-28(48)21-6-12-24(13-7-21)41-31-43-32(45-33(44-31)52-19-35(37,38)39)46-34(16-17-34)22-8-10-23(36)11-9-22/h6-13,20,25-26H,3-5,14-19H2,1-2H3,(H,40,49)(H,42,48)(H2,41,43,44,45,46)/t20?,25?,26-/m0/s1. The highest BCUT2D eigenvalue weighted by Crippen LogP contribution is 2.48. The van der Waals surface area contributed by atoms with Gasteiger partial charge in [0.25, 0.3) is 11.8 Å². The lowest BCUT2D eigenvalue weighted by atomic mass is 9.87. The molecule has 3 aromatic rings. The lowest BCUT2D eigenvalue weighted by Crippen LogP contribution is -2.44. The zero-order chi connectivity index (χ0) is 37.5. The molecule has 5 rings (SSSR count). The summed E-state index contributed by atoms with van der Waals surface area (Å²) in [4.78, 5) is 62.9. The summed E-state index contributed by atoms with van der Waals surface area (Å²) < 4.78 is 48.5. The molecule has 2 aliphatic rings. The number of hydrogen-bond acceptors (Lipinski definition) is 11. The molecule has 17 heteroatoms. The number of alkyl halides is 3. The number of carbonyl (C=O) groups excluding carboxylic acids is 4. The third kappa shape index (κ3) is 10.8. The van der Waals surface area contributed by atoms with Crippen LogP contribution in [0.15, 0.2) is 48.5 Å². The molecule has 3 atom stereocenters. The quantitative estimate of drug-likeness (QED) is 0.112. The Morgan fingerprint density at radius 1 is 0.981 bits per heavy atom. The third-order valence-corrected chi connectivity index (χ3v) is 9.11. The normalized spacial score (nSPS) is 18.3. The predicted molar refractivity (Wildman–Crippen MR) is 184 cm³/mol. The number of amides is 2. The van der Waals surface area contributed by atoms with E-state index in [4.69, 9.17) is 21.1 Å². The van der Waals surface area contributed by atoms with E-state index in [1.54, 1.807) is 12.1 Å². The maximum absolute atomic E-state index is 13.1. The van der Waals surface area contributed by atoms with Crippen molar-refractivity contribution in [2.24, 2.45) is 5.92 Å². The first-order valence-electron chi connectivity index (χ1n) is 16.8. The number of ether oxygens (including phenoxy) is 2. The zero-order valence-electron chi connectivity index (χ0n) is 28.5. The fourth-order valence-corrected chi connectivity index (χ4v) is 6.09. The summed E-state index contributed by atoms with van der Waals surface area (Å²) in [5, 5.41) is 11.9. The summed E-state index contributed by atoms with van der Waals surface area (Å²) in [5.41, 5.74) is 0.854. The third-order valence-electron chi connectivity index (χ3n) is 8.86. The second-order valence-corrected chi connectivity index (χ2v) is 13.5. The molecule has 278 valence electrons. The lowest BCUT2D eigenvalue weighted by molar-refractivity contribution is -0.154. The van der Waals surface area contributed by atoms with Crippen LogP contribution in [0.5, 0.6) is 6.01 Å².